The Morgan fingerprint density at radius 1 is 1.41 bits per heavy atom. The molecular weight excluding hydrogens is 227 g/mol. The molecular formula is C11H19FN2O3. The molecule has 0 aliphatic heterocycles. The number of ether oxygens (including phenoxy) is 1. The second-order valence-electron chi connectivity index (χ2n) is 4.53. The van der Waals surface area contributed by atoms with E-state index in [9.17, 15) is 14.0 Å². The number of halogens is 1. The fourth-order valence-electron chi connectivity index (χ4n) is 1.05. The van der Waals surface area contributed by atoms with Gasteiger partial charge in [-0.1, -0.05) is 6.58 Å². The molecule has 0 aromatic carbocycles. The van der Waals surface area contributed by atoms with Crippen molar-refractivity contribution < 1.29 is 18.7 Å². The molecule has 6 heteroatoms. The van der Waals surface area contributed by atoms with E-state index in [1.54, 1.807) is 20.8 Å². The Hall–Kier alpha value is -1.59. The fourth-order valence-corrected chi connectivity index (χ4v) is 1.05. The Labute approximate surface area is 100 Å². The normalized spacial score (nSPS) is 12.5. The molecule has 5 nitrogen and oxygen atoms in total. The Kier molecular flexibility index (Phi) is 5.64. The number of alkyl carbamates (subject to hydrolysis) is 1. The molecule has 17 heavy (non-hydrogen) atoms. The number of amides is 2. The molecule has 2 amide bonds. The van der Waals surface area contributed by atoms with Crippen molar-refractivity contribution in [2.75, 3.05) is 7.05 Å². The molecule has 0 saturated carbocycles. The minimum absolute atomic E-state index is 0.279. The van der Waals surface area contributed by atoms with Crippen molar-refractivity contribution in [1.29, 1.82) is 0 Å². The summed E-state index contributed by atoms with van der Waals surface area (Å²) in [4.78, 5) is 22.8. The van der Waals surface area contributed by atoms with E-state index in [0.717, 1.165) is 0 Å². The summed E-state index contributed by atoms with van der Waals surface area (Å²) in [6.07, 6.45) is -1.05. The molecule has 0 saturated heterocycles. The van der Waals surface area contributed by atoms with Crippen molar-refractivity contribution in [1.82, 2.24) is 10.6 Å². The highest BCUT2D eigenvalue weighted by Crippen LogP contribution is 2.09. The van der Waals surface area contributed by atoms with Gasteiger partial charge in [0.2, 0.25) is 5.91 Å². The van der Waals surface area contributed by atoms with E-state index in [4.69, 9.17) is 4.74 Å². The smallest absolute Gasteiger partial charge is 0.408 e. The lowest BCUT2D eigenvalue weighted by Crippen LogP contribution is -2.47. The number of carbonyl (C=O) groups excluding carboxylic acids is 2. The van der Waals surface area contributed by atoms with Gasteiger partial charge < -0.3 is 15.4 Å². The minimum Gasteiger partial charge on any atom is -0.444 e. The van der Waals surface area contributed by atoms with E-state index in [1.165, 1.54) is 7.05 Å². The molecule has 1 atom stereocenters. The molecule has 0 heterocycles. The van der Waals surface area contributed by atoms with E-state index in [0.29, 0.717) is 0 Å². The Balaban J connectivity index is 4.48. The number of hydrogen-bond acceptors (Lipinski definition) is 3. The highest BCUT2D eigenvalue weighted by atomic mass is 19.1. The van der Waals surface area contributed by atoms with E-state index >= 15 is 0 Å². The van der Waals surface area contributed by atoms with Gasteiger partial charge >= 0.3 is 6.09 Å². The van der Waals surface area contributed by atoms with E-state index in [-0.39, 0.29) is 6.42 Å². The Morgan fingerprint density at radius 2 is 1.94 bits per heavy atom. The van der Waals surface area contributed by atoms with Crippen LogP contribution in [0.1, 0.15) is 27.2 Å². The largest absolute Gasteiger partial charge is 0.444 e. The van der Waals surface area contributed by atoms with Crippen LogP contribution in [0.4, 0.5) is 9.18 Å². The zero-order valence-electron chi connectivity index (χ0n) is 10.6. The quantitative estimate of drug-likeness (QED) is 0.790. The maximum Gasteiger partial charge on any atom is 0.408 e. The second kappa shape index (κ2) is 6.22. The lowest BCUT2D eigenvalue weighted by atomic mass is 10.2. The van der Waals surface area contributed by atoms with Crippen molar-refractivity contribution in [3.63, 3.8) is 0 Å². The molecule has 0 rings (SSSR count). The second-order valence-corrected chi connectivity index (χ2v) is 4.53. The first-order chi connectivity index (χ1) is 7.65. The average Bonchev–Trinajstić information content (AvgIpc) is 2.11. The first-order valence-electron chi connectivity index (χ1n) is 5.20. The van der Waals surface area contributed by atoms with Crippen LogP contribution < -0.4 is 10.6 Å². The summed E-state index contributed by atoms with van der Waals surface area (Å²) in [6.45, 7) is 8.12. The van der Waals surface area contributed by atoms with Crippen molar-refractivity contribution in [3.05, 3.63) is 12.4 Å². The highest BCUT2D eigenvalue weighted by molar-refractivity contribution is 5.85. The standard InChI is InChI=1S/C11H19FN2O3/c1-7(12)6-8(9(15)13-5)14-10(16)17-11(2,3)4/h8H,1,6H2,2-5H3,(H,13,15)(H,14,16)/t8-/m0/s1. The molecule has 98 valence electrons. The van der Waals surface area contributed by atoms with Gasteiger partial charge in [-0.05, 0) is 20.8 Å². The van der Waals surface area contributed by atoms with Crippen molar-refractivity contribution in [3.8, 4) is 0 Å². The van der Waals surface area contributed by atoms with Crippen LogP contribution in [0.5, 0.6) is 0 Å². The average molecular weight is 246 g/mol. The van der Waals surface area contributed by atoms with Crippen LogP contribution in [-0.4, -0.2) is 30.7 Å². The van der Waals surface area contributed by atoms with E-state index < -0.39 is 29.5 Å². The summed E-state index contributed by atoms with van der Waals surface area (Å²) in [6, 6.07) is -1.02. The predicted octanol–water partition coefficient (Wildman–Crippen LogP) is 1.50. The Morgan fingerprint density at radius 3 is 2.29 bits per heavy atom. The first-order valence-corrected chi connectivity index (χ1v) is 5.20. The van der Waals surface area contributed by atoms with Gasteiger partial charge in [0.1, 0.15) is 11.6 Å². The van der Waals surface area contributed by atoms with Gasteiger partial charge in [-0.25, -0.2) is 9.18 Å². The molecule has 2 N–H and O–H groups in total. The lowest BCUT2D eigenvalue weighted by molar-refractivity contribution is -0.122. The van der Waals surface area contributed by atoms with Gasteiger partial charge in [-0.15, -0.1) is 0 Å². The topological polar surface area (TPSA) is 67.4 Å². The third kappa shape index (κ3) is 7.32. The predicted molar refractivity (Wildman–Crippen MR) is 62.1 cm³/mol. The molecule has 0 fully saturated rings. The van der Waals surface area contributed by atoms with Gasteiger partial charge in [0.15, 0.2) is 0 Å². The van der Waals surface area contributed by atoms with Crippen molar-refractivity contribution in [2.45, 2.75) is 38.8 Å². The SMILES string of the molecule is C=C(F)C[C@H](NC(=O)OC(C)(C)C)C(=O)NC. The van der Waals surface area contributed by atoms with Crippen LogP contribution in [0, 0.1) is 0 Å². The van der Waals surface area contributed by atoms with Crippen LogP contribution >= 0.6 is 0 Å². The molecule has 0 aliphatic carbocycles. The summed E-state index contributed by atoms with van der Waals surface area (Å²) < 4.78 is 17.6. The fraction of sp³-hybridized carbons (Fsp3) is 0.636. The number of hydrogen-bond donors (Lipinski definition) is 2. The summed E-state index contributed by atoms with van der Waals surface area (Å²) in [5, 5.41) is 4.60. The number of nitrogens with one attached hydrogen (secondary N) is 2. The summed E-state index contributed by atoms with van der Waals surface area (Å²) in [5.41, 5.74) is -0.677. The van der Waals surface area contributed by atoms with E-state index in [2.05, 4.69) is 17.2 Å². The van der Waals surface area contributed by atoms with Crippen molar-refractivity contribution in [2.24, 2.45) is 0 Å². The monoisotopic (exact) mass is 246 g/mol. The summed E-state index contributed by atoms with van der Waals surface area (Å²) in [5.74, 6) is -1.19. The third-order valence-corrected chi connectivity index (χ3v) is 1.68. The van der Waals surface area contributed by atoms with Crippen LogP contribution in [0.2, 0.25) is 0 Å². The van der Waals surface area contributed by atoms with Crippen LogP contribution in [-0.2, 0) is 9.53 Å². The third-order valence-electron chi connectivity index (χ3n) is 1.68. The highest BCUT2D eigenvalue weighted by Gasteiger charge is 2.24. The summed E-state index contributed by atoms with van der Waals surface area (Å²) >= 11 is 0. The maximum atomic E-state index is 12.7. The van der Waals surface area contributed by atoms with E-state index in [1.807, 2.05) is 0 Å². The van der Waals surface area contributed by atoms with Crippen LogP contribution in [0.25, 0.3) is 0 Å². The zero-order valence-corrected chi connectivity index (χ0v) is 10.6. The number of rotatable bonds is 4. The van der Waals surface area contributed by atoms with Gasteiger partial charge in [0.25, 0.3) is 0 Å². The number of carbonyl (C=O) groups is 2. The molecule has 0 spiro atoms. The van der Waals surface area contributed by atoms with Gasteiger partial charge in [-0.2, -0.15) is 0 Å². The Bertz CT molecular complexity index is 310. The van der Waals surface area contributed by atoms with Gasteiger partial charge in [-0.3, -0.25) is 4.79 Å². The molecule has 0 bridgehead atoms. The van der Waals surface area contributed by atoms with Gasteiger partial charge in [0, 0.05) is 13.5 Å². The first kappa shape index (κ1) is 15.4. The van der Waals surface area contributed by atoms with Crippen LogP contribution in [0.3, 0.4) is 0 Å². The lowest BCUT2D eigenvalue weighted by Gasteiger charge is -2.22. The molecule has 0 radical (unpaired) electrons. The molecule has 0 unspecified atom stereocenters. The minimum atomic E-state index is -1.02. The van der Waals surface area contributed by atoms with Gasteiger partial charge in [0.05, 0.1) is 5.83 Å². The molecule has 0 aromatic rings. The summed E-state index contributed by atoms with van der Waals surface area (Å²) in [7, 11) is 1.40. The zero-order chi connectivity index (χ0) is 13.6. The maximum absolute atomic E-state index is 12.7. The molecule has 0 aromatic heterocycles. The number of likely N-dealkylation sites (N-methyl/N-ethyl adjacent to an activating group) is 1. The van der Waals surface area contributed by atoms with Crippen molar-refractivity contribution >= 4 is 12.0 Å². The van der Waals surface area contributed by atoms with Crippen LogP contribution in [0.15, 0.2) is 12.4 Å². The molecule has 0 aliphatic rings.